The van der Waals surface area contributed by atoms with Crippen LogP contribution in [0.2, 0.25) is 0 Å². The Bertz CT molecular complexity index is 1270. The summed E-state index contributed by atoms with van der Waals surface area (Å²) in [6.45, 7) is 4.55. The van der Waals surface area contributed by atoms with Crippen LogP contribution in [0.15, 0.2) is 24.3 Å². The van der Waals surface area contributed by atoms with E-state index >= 15 is 0 Å². The number of nitrogens with two attached hydrogens (primary N) is 1. The molecular formula is C26H32F2N6O3. The van der Waals surface area contributed by atoms with Gasteiger partial charge in [0.25, 0.3) is 6.43 Å². The van der Waals surface area contributed by atoms with Crippen LogP contribution < -0.4 is 20.1 Å². The lowest BCUT2D eigenvalue weighted by atomic mass is 9.83. The van der Waals surface area contributed by atoms with Crippen molar-refractivity contribution in [1.82, 2.24) is 19.5 Å². The van der Waals surface area contributed by atoms with Crippen LogP contribution in [0, 0.1) is 5.41 Å². The van der Waals surface area contributed by atoms with Crippen LogP contribution in [-0.4, -0.2) is 64.6 Å². The Kier molecular flexibility index (Phi) is 6.36. The number of benzene rings is 1. The molecule has 6 rings (SSSR count). The van der Waals surface area contributed by atoms with Crippen molar-refractivity contribution >= 4 is 17.0 Å². The third kappa shape index (κ3) is 4.59. The molecule has 1 saturated heterocycles. The number of fused-ring (bicyclic) bond motifs is 1. The number of imidazole rings is 1. The lowest BCUT2D eigenvalue weighted by molar-refractivity contribution is 0.122. The molecule has 2 saturated carbocycles. The number of anilines is 1. The van der Waals surface area contributed by atoms with Crippen molar-refractivity contribution < 1.29 is 23.0 Å². The average Bonchev–Trinajstić information content (AvgIpc) is 3.39. The fraction of sp³-hybridized carbons (Fsp3) is 0.577. The Balaban J connectivity index is 1.42. The van der Waals surface area contributed by atoms with Crippen LogP contribution in [0.4, 0.5) is 14.7 Å². The first-order valence-corrected chi connectivity index (χ1v) is 13.0. The fourth-order valence-electron chi connectivity index (χ4n) is 5.60. The van der Waals surface area contributed by atoms with Gasteiger partial charge in [-0.25, -0.2) is 13.8 Å². The Labute approximate surface area is 213 Å². The van der Waals surface area contributed by atoms with Gasteiger partial charge in [-0.05, 0) is 51.2 Å². The van der Waals surface area contributed by atoms with E-state index in [4.69, 9.17) is 29.9 Å². The van der Waals surface area contributed by atoms with Crippen molar-refractivity contribution in [1.29, 1.82) is 0 Å². The molecule has 0 radical (unpaired) electrons. The first kappa shape index (κ1) is 24.3. The number of rotatable bonds is 7. The molecule has 3 fully saturated rings. The highest BCUT2D eigenvalue weighted by molar-refractivity contribution is 5.84. The predicted octanol–water partition coefficient (Wildman–Crippen LogP) is 4.03. The van der Waals surface area contributed by atoms with Gasteiger partial charge in [-0.3, -0.25) is 4.57 Å². The molecule has 0 bridgehead atoms. The van der Waals surface area contributed by atoms with Crippen LogP contribution in [0.1, 0.15) is 51.3 Å². The van der Waals surface area contributed by atoms with Gasteiger partial charge in [0.2, 0.25) is 11.8 Å². The van der Waals surface area contributed by atoms with Gasteiger partial charge < -0.3 is 24.8 Å². The highest BCUT2D eigenvalue weighted by atomic mass is 19.3. The summed E-state index contributed by atoms with van der Waals surface area (Å²) in [7, 11) is 0. The van der Waals surface area contributed by atoms with E-state index in [1.54, 1.807) is 24.3 Å². The van der Waals surface area contributed by atoms with Gasteiger partial charge >= 0.3 is 0 Å². The lowest BCUT2D eigenvalue weighted by Gasteiger charge is -2.28. The first-order chi connectivity index (χ1) is 18.0. The zero-order valence-electron chi connectivity index (χ0n) is 20.9. The number of alkyl halides is 2. The summed E-state index contributed by atoms with van der Waals surface area (Å²) >= 11 is 0. The molecule has 0 amide bonds. The van der Waals surface area contributed by atoms with E-state index < -0.39 is 12.2 Å². The molecule has 2 aromatic heterocycles. The Morgan fingerprint density at radius 3 is 2.68 bits per heavy atom. The fourth-order valence-corrected chi connectivity index (χ4v) is 5.60. The van der Waals surface area contributed by atoms with Gasteiger partial charge in [0.1, 0.15) is 23.2 Å². The minimum Gasteiger partial charge on any atom is -0.492 e. The summed E-state index contributed by atoms with van der Waals surface area (Å²) in [6.07, 6.45) is 2.25. The maximum atomic E-state index is 14.3. The number of hydrogen-bond acceptors (Lipinski definition) is 8. The van der Waals surface area contributed by atoms with Gasteiger partial charge in [0.05, 0.1) is 25.3 Å². The quantitative estimate of drug-likeness (QED) is 0.505. The molecule has 3 heterocycles. The molecule has 2 N–H and O–H groups in total. The normalized spacial score (nSPS) is 25.7. The lowest BCUT2D eigenvalue weighted by Crippen LogP contribution is -2.37. The first-order valence-electron chi connectivity index (χ1n) is 13.0. The molecule has 1 spiro atoms. The second-order valence-electron chi connectivity index (χ2n) is 10.1. The van der Waals surface area contributed by atoms with E-state index in [1.807, 2.05) is 11.8 Å². The molecule has 11 heteroatoms. The largest absolute Gasteiger partial charge is 0.492 e. The number of nitrogens with zero attached hydrogens (tertiary/aromatic N) is 5. The number of morpholine rings is 1. The average molecular weight is 515 g/mol. The number of halogens is 2. The Hall–Kier alpha value is -3.05. The van der Waals surface area contributed by atoms with Crippen molar-refractivity contribution in [3.8, 4) is 17.4 Å². The molecule has 1 atom stereocenters. The molecule has 198 valence electrons. The minimum atomic E-state index is -2.81. The van der Waals surface area contributed by atoms with Crippen LogP contribution >= 0.6 is 0 Å². The minimum absolute atomic E-state index is 0.0407. The smallest absolute Gasteiger partial charge is 0.296 e. The zero-order valence-corrected chi connectivity index (χ0v) is 20.9. The van der Waals surface area contributed by atoms with E-state index in [9.17, 15) is 8.78 Å². The monoisotopic (exact) mass is 514 g/mol. The summed E-state index contributed by atoms with van der Waals surface area (Å²) < 4.78 is 47.5. The van der Waals surface area contributed by atoms with Gasteiger partial charge in [-0.1, -0.05) is 6.07 Å². The third-order valence-corrected chi connectivity index (χ3v) is 7.77. The molecule has 3 aromatic rings. The van der Waals surface area contributed by atoms with E-state index in [-0.39, 0.29) is 17.6 Å². The summed E-state index contributed by atoms with van der Waals surface area (Å²) in [6, 6.07) is 7.15. The van der Waals surface area contributed by atoms with E-state index in [1.165, 1.54) is 4.57 Å². The molecule has 1 aromatic carbocycles. The van der Waals surface area contributed by atoms with Gasteiger partial charge in [-0.2, -0.15) is 9.97 Å². The third-order valence-electron chi connectivity index (χ3n) is 7.77. The Morgan fingerprint density at radius 1 is 1.16 bits per heavy atom. The molecule has 37 heavy (non-hydrogen) atoms. The maximum absolute atomic E-state index is 14.3. The molecule has 2 aliphatic carbocycles. The second-order valence-corrected chi connectivity index (χ2v) is 10.1. The van der Waals surface area contributed by atoms with Crippen molar-refractivity contribution in [2.45, 2.75) is 57.6 Å². The van der Waals surface area contributed by atoms with E-state index in [0.717, 1.165) is 32.1 Å². The highest BCUT2D eigenvalue weighted by Crippen LogP contribution is 2.57. The SMILES string of the molecule is CCOc1cccc2c1nc(C(F)F)n2-c1cc(O[C@H]2CC23CCC(N)CC3)nc(N2CCOCC2)n1. The molecular weight excluding hydrogens is 482 g/mol. The zero-order chi connectivity index (χ0) is 25.6. The van der Waals surface area contributed by atoms with E-state index in [2.05, 4.69) is 4.98 Å². The summed E-state index contributed by atoms with van der Waals surface area (Å²) in [5, 5.41) is 0. The number of ether oxygens (including phenoxy) is 3. The number of hydrogen-bond donors (Lipinski definition) is 1. The highest BCUT2D eigenvalue weighted by Gasteiger charge is 2.57. The second kappa shape index (κ2) is 9.68. The standard InChI is InChI=1S/C26H32F2N6O3/c1-2-36-18-5-3-4-17-22(18)32-24(23(27)28)34(17)20-14-21(31-25(30-20)33-10-12-35-13-11-33)37-19-15-26(19)8-6-16(29)7-9-26/h3-5,14,16,19,23H,2,6-13,15,29H2,1H3/t16?,19-,26?/m0/s1. The topological polar surface area (TPSA) is 101 Å². The van der Waals surface area contributed by atoms with E-state index in [0.29, 0.717) is 67.3 Å². The van der Waals surface area contributed by atoms with Crippen LogP contribution in [0.25, 0.3) is 16.9 Å². The van der Waals surface area contributed by atoms with Crippen molar-refractivity contribution in [3.05, 3.63) is 30.1 Å². The molecule has 9 nitrogen and oxygen atoms in total. The van der Waals surface area contributed by atoms with Gasteiger partial charge in [0.15, 0.2) is 5.82 Å². The summed E-state index contributed by atoms with van der Waals surface area (Å²) in [4.78, 5) is 15.7. The van der Waals surface area contributed by atoms with Crippen LogP contribution in [-0.2, 0) is 4.74 Å². The summed E-state index contributed by atoms with van der Waals surface area (Å²) in [5.74, 6) is 1.16. The summed E-state index contributed by atoms with van der Waals surface area (Å²) in [5.41, 5.74) is 7.11. The number of aromatic nitrogens is 4. The predicted molar refractivity (Wildman–Crippen MR) is 134 cm³/mol. The van der Waals surface area contributed by atoms with Crippen molar-refractivity contribution in [3.63, 3.8) is 0 Å². The van der Waals surface area contributed by atoms with Gasteiger partial charge in [-0.15, -0.1) is 0 Å². The van der Waals surface area contributed by atoms with Crippen LogP contribution in [0.3, 0.4) is 0 Å². The van der Waals surface area contributed by atoms with Crippen LogP contribution in [0.5, 0.6) is 11.6 Å². The maximum Gasteiger partial charge on any atom is 0.296 e. The van der Waals surface area contributed by atoms with Gasteiger partial charge in [0, 0.05) is 30.6 Å². The molecule has 3 aliphatic rings. The van der Waals surface area contributed by atoms with Crippen molar-refractivity contribution in [2.75, 3.05) is 37.8 Å². The number of para-hydroxylation sites is 1. The molecule has 1 aliphatic heterocycles. The Morgan fingerprint density at radius 2 is 1.95 bits per heavy atom. The van der Waals surface area contributed by atoms with Crippen molar-refractivity contribution in [2.24, 2.45) is 11.1 Å². The molecule has 0 unspecified atom stereocenters.